The fraction of sp³-hybridized carbons (Fsp3) is 0.545. The summed E-state index contributed by atoms with van der Waals surface area (Å²) in [5.74, 6) is -1.87. The predicted molar refractivity (Wildman–Crippen MR) is 108 cm³/mol. The normalized spacial score (nSPS) is 31.0. The summed E-state index contributed by atoms with van der Waals surface area (Å²) in [6.07, 6.45) is 5.13. The van der Waals surface area contributed by atoms with Gasteiger partial charge in [-0.3, -0.25) is 29.4 Å². The van der Waals surface area contributed by atoms with Gasteiger partial charge in [-0.25, -0.2) is 0 Å². The van der Waals surface area contributed by atoms with E-state index in [1.807, 2.05) is 6.07 Å². The molecule has 30 heavy (non-hydrogen) atoms. The lowest BCUT2D eigenvalue weighted by Crippen LogP contribution is -2.54. The molecular formula is C22H26N4O4. The van der Waals surface area contributed by atoms with Gasteiger partial charge < -0.3 is 10.6 Å². The lowest BCUT2D eigenvalue weighted by molar-refractivity contribution is -0.136. The van der Waals surface area contributed by atoms with Crippen LogP contribution in [0.5, 0.6) is 0 Å². The Morgan fingerprint density at radius 3 is 2.67 bits per heavy atom. The van der Waals surface area contributed by atoms with E-state index >= 15 is 0 Å². The van der Waals surface area contributed by atoms with E-state index in [-0.39, 0.29) is 18.7 Å². The molecule has 1 saturated carbocycles. The molecule has 0 aromatic heterocycles. The number of hydrogen-bond donors (Lipinski definition) is 3. The molecular weight excluding hydrogens is 384 g/mol. The molecule has 3 aliphatic heterocycles. The standard InChI is InChI=1S/C22H26N4O4/c27-18-6-5-16(19(28)25-18)26-20(29)14-4-3-13(10-15(14)21(26)30)11-24-17-2-1-7-22(17)8-9-23-12-22/h3-4,10,16-17,23-24H,1-2,5-9,11-12H2,(H,25,27,28). The van der Waals surface area contributed by atoms with E-state index in [0.29, 0.717) is 29.1 Å². The fourth-order valence-corrected chi connectivity index (χ4v) is 5.60. The Morgan fingerprint density at radius 2 is 1.90 bits per heavy atom. The predicted octanol–water partition coefficient (Wildman–Crippen LogP) is 0.710. The Labute approximate surface area is 174 Å². The highest BCUT2D eigenvalue weighted by atomic mass is 16.2. The van der Waals surface area contributed by atoms with Crippen molar-refractivity contribution in [2.45, 2.75) is 57.2 Å². The molecule has 3 unspecified atom stereocenters. The van der Waals surface area contributed by atoms with Gasteiger partial charge in [0, 0.05) is 25.6 Å². The minimum Gasteiger partial charge on any atom is -0.316 e. The highest BCUT2D eigenvalue weighted by Crippen LogP contribution is 2.43. The quantitative estimate of drug-likeness (QED) is 0.631. The van der Waals surface area contributed by atoms with Crippen molar-refractivity contribution in [2.75, 3.05) is 13.1 Å². The summed E-state index contributed by atoms with van der Waals surface area (Å²) < 4.78 is 0. The van der Waals surface area contributed by atoms with Crippen LogP contribution in [0.15, 0.2) is 18.2 Å². The van der Waals surface area contributed by atoms with Crippen LogP contribution in [-0.2, 0) is 16.1 Å². The molecule has 158 valence electrons. The number of carbonyl (C=O) groups excluding carboxylic acids is 4. The Bertz CT molecular complexity index is 932. The van der Waals surface area contributed by atoms with Crippen molar-refractivity contribution in [2.24, 2.45) is 5.41 Å². The largest absolute Gasteiger partial charge is 0.316 e. The number of rotatable bonds is 4. The molecule has 2 saturated heterocycles. The summed E-state index contributed by atoms with van der Waals surface area (Å²) in [4.78, 5) is 50.4. The van der Waals surface area contributed by atoms with Crippen LogP contribution in [0, 0.1) is 5.41 Å². The zero-order valence-electron chi connectivity index (χ0n) is 16.8. The molecule has 4 amide bonds. The number of fused-ring (bicyclic) bond motifs is 1. The van der Waals surface area contributed by atoms with Gasteiger partial charge >= 0.3 is 0 Å². The minimum absolute atomic E-state index is 0.122. The Morgan fingerprint density at radius 1 is 1.07 bits per heavy atom. The Hall–Kier alpha value is -2.58. The minimum atomic E-state index is -0.926. The van der Waals surface area contributed by atoms with Crippen LogP contribution in [0.25, 0.3) is 0 Å². The van der Waals surface area contributed by atoms with Crippen molar-refractivity contribution >= 4 is 23.6 Å². The summed E-state index contributed by atoms with van der Waals surface area (Å²) in [5, 5.41) is 9.39. The molecule has 3 fully saturated rings. The van der Waals surface area contributed by atoms with E-state index in [1.54, 1.807) is 12.1 Å². The number of nitrogens with one attached hydrogen (secondary N) is 3. The smallest absolute Gasteiger partial charge is 0.262 e. The van der Waals surface area contributed by atoms with Crippen molar-refractivity contribution in [1.82, 2.24) is 20.9 Å². The van der Waals surface area contributed by atoms with E-state index < -0.39 is 23.8 Å². The highest BCUT2D eigenvalue weighted by molar-refractivity contribution is 6.23. The van der Waals surface area contributed by atoms with Crippen LogP contribution in [0.4, 0.5) is 0 Å². The summed E-state index contributed by atoms with van der Waals surface area (Å²) >= 11 is 0. The van der Waals surface area contributed by atoms with E-state index in [4.69, 9.17) is 0 Å². The number of imide groups is 2. The average molecular weight is 410 g/mol. The number of piperidine rings is 1. The summed E-state index contributed by atoms with van der Waals surface area (Å²) in [5.41, 5.74) is 1.96. The lowest BCUT2D eigenvalue weighted by atomic mass is 9.81. The van der Waals surface area contributed by atoms with Crippen molar-refractivity contribution in [3.63, 3.8) is 0 Å². The molecule has 8 heteroatoms. The zero-order chi connectivity index (χ0) is 20.9. The molecule has 1 aliphatic carbocycles. The number of nitrogens with zero attached hydrogens (tertiary/aromatic N) is 1. The van der Waals surface area contributed by atoms with Crippen molar-refractivity contribution in [3.8, 4) is 0 Å². The topological polar surface area (TPSA) is 108 Å². The third-order valence-corrected chi connectivity index (χ3v) is 7.24. The molecule has 5 rings (SSSR count). The lowest BCUT2D eigenvalue weighted by Gasteiger charge is -2.31. The van der Waals surface area contributed by atoms with Crippen molar-refractivity contribution < 1.29 is 19.2 Å². The van der Waals surface area contributed by atoms with Crippen LogP contribution >= 0.6 is 0 Å². The van der Waals surface area contributed by atoms with Crippen LogP contribution in [0.2, 0.25) is 0 Å². The van der Waals surface area contributed by atoms with Crippen molar-refractivity contribution in [3.05, 3.63) is 34.9 Å². The van der Waals surface area contributed by atoms with Crippen LogP contribution in [0.3, 0.4) is 0 Å². The van der Waals surface area contributed by atoms with Crippen LogP contribution in [0.1, 0.15) is 64.8 Å². The second-order valence-electron chi connectivity index (χ2n) is 8.94. The van der Waals surface area contributed by atoms with E-state index in [1.165, 1.54) is 19.3 Å². The molecule has 3 heterocycles. The van der Waals surface area contributed by atoms with E-state index in [2.05, 4.69) is 16.0 Å². The first kappa shape index (κ1) is 19.4. The monoisotopic (exact) mass is 410 g/mol. The van der Waals surface area contributed by atoms with Gasteiger partial charge in [-0.15, -0.1) is 0 Å². The SMILES string of the molecule is O=C1CCC(N2C(=O)c3ccc(CNC4CCCC45CCNC5)cc3C2=O)C(=O)N1. The fourth-order valence-electron chi connectivity index (χ4n) is 5.60. The molecule has 0 radical (unpaired) electrons. The molecule has 1 spiro atoms. The maximum absolute atomic E-state index is 13.0. The van der Waals surface area contributed by atoms with Gasteiger partial charge in [0.1, 0.15) is 6.04 Å². The zero-order valence-corrected chi connectivity index (χ0v) is 16.8. The first-order chi connectivity index (χ1) is 14.5. The van der Waals surface area contributed by atoms with E-state index in [0.717, 1.165) is 30.0 Å². The summed E-state index contributed by atoms with van der Waals surface area (Å²) in [6.45, 7) is 2.77. The first-order valence-corrected chi connectivity index (χ1v) is 10.8. The molecule has 3 atom stereocenters. The third kappa shape index (κ3) is 3.06. The maximum atomic E-state index is 13.0. The van der Waals surface area contributed by atoms with Gasteiger partial charge in [0.05, 0.1) is 11.1 Å². The molecule has 0 bridgehead atoms. The maximum Gasteiger partial charge on any atom is 0.262 e. The second kappa shape index (κ2) is 7.28. The molecule has 4 aliphatic rings. The Balaban J connectivity index is 1.31. The number of carbonyl (C=O) groups is 4. The first-order valence-electron chi connectivity index (χ1n) is 10.8. The number of hydrogen-bond acceptors (Lipinski definition) is 6. The molecule has 1 aromatic rings. The van der Waals surface area contributed by atoms with Crippen molar-refractivity contribution in [1.29, 1.82) is 0 Å². The molecule has 3 N–H and O–H groups in total. The van der Waals surface area contributed by atoms with Gasteiger partial charge in [0.2, 0.25) is 11.8 Å². The van der Waals surface area contributed by atoms with Gasteiger partial charge in [-0.2, -0.15) is 0 Å². The van der Waals surface area contributed by atoms with Crippen LogP contribution < -0.4 is 16.0 Å². The summed E-state index contributed by atoms with van der Waals surface area (Å²) in [7, 11) is 0. The van der Waals surface area contributed by atoms with Gasteiger partial charge in [-0.05, 0) is 55.3 Å². The highest BCUT2D eigenvalue weighted by Gasteiger charge is 2.46. The van der Waals surface area contributed by atoms with Gasteiger partial charge in [0.15, 0.2) is 0 Å². The second-order valence-corrected chi connectivity index (χ2v) is 8.94. The average Bonchev–Trinajstić information content (AvgIpc) is 3.42. The van der Waals surface area contributed by atoms with E-state index in [9.17, 15) is 19.2 Å². The Kier molecular flexibility index (Phi) is 4.71. The summed E-state index contributed by atoms with van der Waals surface area (Å²) in [6, 6.07) is 4.85. The molecule has 8 nitrogen and oxygen atoms in total. The number of benzene rings is 1. The van der Waals surface area contributed by atoms with Crippen LogP contribution in [-0.4, -0.2) is 53.7 Å². The van der Waals surface area contributed by atoms with Gasteiger partial charge in [0.25, 0.3) is 11.8 Å². The van der Waals surface area contributed by atoms with Gasteiger partial charge in [-0.1, -0.05) is 12.5 Å². The molecule has 1 aromatic carbocycles. The number of amides is 4. The third-order valence-electron chi connectivity index (χ3n) is 7.24.